The molecule has 0 radical (unpaired) electrons. The van der Waals surface area contributed by atoms with E-state index in [1.165, 1.54) is 29.9 Å². The molecule has 0 saturated heterocycles. The van der Waals surface area contributed by atoms with Gasteiger partial charge in [-0.15, -0.1) is 11.3 Å². The highest BCUT2D eigenvalue weighted by molar-refractivity contribution is 7.19. The van der Waals surface area contributed by atoms with Crippen molar-refractivity contribution in [3.63, 3.8) is 0 Å². The molecule has 0 saturated carbocycles. The first-order valence-electron chi connectivity index (χ1n) is 6.10. The zero-order valence-electron chi connectivity index (χ0n) is 10.9. The zero-order chi connectivity index (χ0) is 15.7. The van der Waals surface area contributed by atoms with E-state index in [-0.39, 0.29) is 12.2 Å². The van der Waals surface area contributed by atoms with Gasteiger partial charge in [0.15, 0.2) is 5.82 Å². The molecule has 0 fully saturated rings. The Labute approximate surface area is 138 Å². The van der Waals surface area contributed by atoms with Crippen LogP contribution in [0.2, 0.25) is 9.36 Å². The summed E-state index contributed by atoms with van der Waals surface area (Å²) in [5, 5.41) is 0.410. The fourth-order valence-electron chi connectivity index (χ4n) is 1.87. The van der Waals surface area contributed by atoms with Crippen LogP contribution in [0.25, 0.3) is 10.7 Å². The molecule has 0 N–H and O–H groups in total. The van der Waals surface area contributed by atoms with E-state index in [1.807, 2.05) is 0 Å². The minimum Gasteiger partial charge on any atom is -0.322 e. The SMILES string of the molecule is FC(F)c1cn(Cc2ncc(Cl)cn2)c(-c2ccc(Cl)s2)n1. The van der Waals surface area contributed by atoms with Gasteiger partial charge in [0.1, 0.15) is 11.5 Å². The van der Waals surface area contributed by atoms with Gasteiger partial charge >= 0.3 is 0 Å². The van der Waals surface area contributed by atoms with Gasteiger partial charge < -0.3 is 4.57 Å². The van der Waals surface area contributed by atoms with E-state index in [9.17, 15) is 8.78 Å². The number of imidazole rings is 1. The molecule has 0 unspecified atom stereocenters. The Morgan fingerprint density at radius 2 is 1.91 bits per heavy atom. The molecular formula is C13H8Cl2F2N4S. The van der Waals surface area contributed by atoms with E-state index in [0.717, 1.165) is 0 Å². The second-order valence-corrected chi connectivity index (χ2v) is 6.49. The summed E-state index contributed by atoms with van der Waals surface area (Å²) in [6, 6.07) is 3.44. The van der Waals surface area contributed by atoms with Crippen molar-refractivity contribution in [2.24, 2.45) is 0 Å². The minimum atomic E-state index is -2.65. The lowest BCUT2D eigenvalue weighted by molar-refractivity contribution is 0.146. The first-order chi connectivity index (χ1) is 10.5. The molecule has 9 heteroatoms. The van der Waals surface area contributed by atoms with Crippen LogP contribution in [-0.2, 0) is 6.54 Å². The van der Waals surface area contributed by atoms with Crippen molar-refractivity contribution in [1.29, 1.82) is 0 Å². The summed E-state index contributed by atoms with van der Waals surface area (Å²) in [4.78, 5) is 12.8. The molecule has 0 aromatic carbocycles. The number of halogens is 4. The van der Waals surface area contributed by atoms with E-state index in [1.54, 1.807) is 16.7 Å². The Bertz CT molecular complexity index is 786. The van der Waals surface area contributed by atoms with Gasteiger partial charge in [0.05, 0.1) is 20.8 Å². The summed E-state index contributed by atoms with van der Waals surface area (Å²) < 4.78 is 28.0. The second kappa shape index (κ2) is 6.28. The Hall–Kier alpha value is -1.57. The Morgan fingerprint density at radius 3 is 2.50 bits per heavy atom. The van der Waals surface area contributed by atoms with Crippen molar-refractivity contribution in [2.45, 2.75) is 13.0 Å². The van der Waals surface area contributed by atoms with E-state index >= 15 is 0 Å². The van der Waals surface area contributed by atoms with Crippen LogP contribution < -0.4 is 0 Å². The molecule has 0 aliphatic rings. The van der Waals surface area contributed by atoms with Gasteiger partial charge in [-0.05, 0) is 12.1 Å². The minimum absolute atomic E-state index is 0.210. The molecule has 0 spiro atoms. The van der Waals surface area contributed by atoms with Crippen LogP contribution in [0.1, 0.15) is 17.9 Å². The first kappa shape index (κ1) is 15.3. The van der Waals surface area contributed by atoms with E-state index in [0.29, 0.717) is 25.9 Å². The topological polar surface area (TPSA) is 43.6 Å². The lowest BCUT2D eigenvalue weighted by atomic mass is 10.4. The average Bonchev–Trinajstić information content (AvgIpc) is 3.08. The fourth-order valence-corrected chi connectivity index (χ4v) is 3.01. The predicted molar refractivity (Wildman–Crippen MR) is 81.7 cm³/mol. The predicted octanol–water partition coefficient (Wildman–Crippen LogP) is 4.69. The molecule has 0 amide bonds. The van der Waals surface area contributed by atoms with Crippen molar-refractivity contribution < 1.29 is 8.78 Å². The lowest BCUT2D eigenvalue weighted by Crippen LogP contribution is -2.04. The zero-order valence-corrected chi connectivity index (χ0v) is 13.2. The van der Waals surface area contributed by atoms with Crippen LogP contribution in [0, 0.1) is 0 Å². The monoisotopic (exact) mass is 360 g/mol. The highest BCUT2D eigenvalue weighted by Crippen LogP contribution is 2.32. The number of alkyl halides is 2. The number of nitrogens with zero attached hydrogens (tertiary/aromatic N) is 4. The summed E-state index contributed by atoms with van der Waals surface area (Å²) in [5.74, 6) is 0.859. The molecule has 4 nitrogen and oxygen atoms in total. The van der Waals surface area contributed by atoms with Crippen LogP contribution >= 0.6 is 34.5 Å². The van der Waals surface area contributed by atoms with Gasteiger partial charge in [0, 0.05) is 18.6 Å². The van der Waals surface area contributed by atoms with Crippen LogP contribution in [0.15, 0.2) is 30.7 Å². The quantitative estimate of drug-likeness (QED) is 0.677. The van der Waals surface area contributed by atoms with Crippen LogP contribution in [-0.4, -0.2) is 19.5 Å². The number of hydrogen-bond acceptors (Lipinski definition) is 4. The van der Waals surface area contributed by atoms with Gasteiger partial charge in [0.25, 0.3) is 6.43 Å². The number of hydrogen-bond donors (Lipinski definition) is 0. The lowest BCUT2D eigenvalue weighted by Gasteiger charge is -2.05. The second-order valence-electron chi connectivity index (χ2n) is 4.34. The molecule has 114 valence electrons. The van der Waals surface area contributed by atoms with Gasteiger partial charge in [-0.2, -0.15) is 0 Å². The Morgan fingerprint density at radius 1 is 1.18 bits per heavy atom. The van der Waals surface area contributed by atoms with Crippen molar-refractivity contribution in [2.75, 3.05) is 0 Å². The van der Waals surface area contributed by atoms with Gasteiger partial charge in [-0.1, -0.05) is 23.2 Å². The molecule has 3 heterocycles. The highest BCUT2D eigenvalue weighted by Gasteiger charge is 2.18. The third-order valence-corrected chi connectivity index (χ3v) is 4.22. The summed E-state index contributed by atoms with van der Waals surface area (Å²) in [5.41, 5.74) is -0.298. The van der Waals surface area contributed by atoms with E-state index in [2.05, 4.69) is 15.0 Å². The normalized spacial score (nSPS) is 11.3. The maximum absolute atomic E-state index is 12.9. The molecule has 0 aliphatic heterocycles. The summed E-state index contributed by atoms with van der Waals surface area (Å²) in [6.45, 7) is 0.210. The molecule has 3 rings (SSSR count). The third kappa shape index (κ3) is 3.26. The van der Waals surface area contributed by atoms with Crippen molar-refractivity contribution in [3.05, 3.63) is 51.6 Å². The van der Waals surface area contributed by atoms with Gasteiger partial charge in [0.2, 0.25) is 0 Å². The average molecular weight is 361 g/mol. The smallest absolute Gasteiger partial charge is 0.281 e. The largest absolute Gasteiger partial charge is 0.322 e. The van der Waals surface area contributed by atoms with Crippen molar-refractivity contribution in [1.82, 2.24) is 19.5 Å². The molecular weight excluding hydrogens is 353 g/mol. The third-order valence-electron chi connectivity index (χ3n) is 2.80. The number of thiophene rings is 1. The van der Waals surface area contributed by atoms with Crippen molar-refractivity contribution >= 4 is 34.5 Å². The van der Waals surface area contributed by atoms with Gasteiger partial charge in [-0.25, -0.2) is 23.7 Å². The summed E-state index contributed by atoms with van der Waals surface area (Å²) >= 11 is 12.9. The maximum atomic E-state index is 12.9. The van der Waals surface area contributed by atoms with E-state index in [4.69, 9.17) is 23.2 Å². The standard InChI is InChI=1S/C13H8Cl2F2N4S/c14-7-3-18-11(19-4-7)6-21-5-8(12(16)17)20-13(21)9-1-2-10(15)22-9/h1-5,12H,6H2. The Kier molecular flexibility index (Phi) is 4.37. The number of aromatic nitrogens is 4. The fraction of sp³-hybridized carbons (Fsp3) is 0.154. The molecule has 0 atom stereocenters. The van der Waals surface area contributed by atoms with Crippen LogP contribution in [0.5, 0.6) is 0 Å². The first-order valence-corrected chi connectivity index (χ1v) is 7.67. The molecule has 22 heavy (non-hydrogen) atoms. The summed E-state index contributed by atoms with van der Waals surface area (Å²) in [6.07, 6.45) is 1.56. The highest BCUT2D eigenvalue weighted by atomic mass is 35.5. The maximum Gasteiger partial charge on any atom is 0.281 e. The van der Waals surface area contributed by atoms with E-state index < -0.39 is 6.43 Å². The molecule has 3 aromatic rings. The number of rotatable bonds is 4. The Balaban J connectivity index is 1.99. The molecule has 0 bridgehead atoms. The molecule has 3 aromatic heterocycles. The van der Waals surface area contributed by atoms with Crippen molar-refractivity contribution in [3.8, 4) is 10.7 Å². The van der Waals surface area contributed by atoms with Crippen LogP contribution in [0.3, 0.4) is 0 Å². The summed E-state index contributed by atoms with van der Waals surface area (Å²) in [7, 11) is 0. The van der Waals surface area contributed by atoms with Gasteiger partial charge in [-0.3, -0.25) is 0 Å². The van der Waals surface area contributed by atoms with Crippen LogP contribution in [0.4, 0.5) is 8.78 Å². The molecule has 0 aliphatic carbocycles.